The van der Waals surface area contributed by atoms with E-state index in [0.29, 0.717) is 35.5 Å². The van der Waals surface area contributed by atoms with Gasteiger partial charge in [0.1, 0.15) is 12.4 Å². The van der Waals surface area contributed by atoms with Gasteiger partial charge in [0, 0.05) is 23.4 Å². The van der Waals surface area contributed by atoms with Crippen LogP contribution in [0.1, 0.15) is 29.5 Å². The van der Waals surface area contributed by atoms with Gasteiger partial charge in [0.25, 0.3) is 0 Å². The lowest BCUT2D eigenvalue weighted by Gasteiger charge is -2.18. The first-order valence-corrected chi connectivity index (χ1v) is 9.40. The molecule has 0 fully saturated rings. The minimum atomic E-state index is -4.48. The number of aliphatic imine (C=N–C) groups is 1. The predicted octanol–water partition coefficient (Wildman–Crippen LogP) is 3.80. The maximum absolute atomic E-state index is 13.0. The molecule has 0 unspecified atom stereocenters. The van der Waals surface area contributed by atoms with Crippen molar-refractivity contribution in [3.05, 3.63) is 53.1 Å². The zero-order valence-electron chi connectivity index (χ0n) is 15.8. The summed E-state index contributed by atoms with van der Waals surface area (Å²) < 4.78 is 44.3. The predicted molar refractivity (Wildman–Crippen MR) is 105 cm³/mol. The Labute approximate surface area is 170 Å². The molecule has 6 nitrogen and oxygen atoms in total. The number of hydrogen-bond donors (Lipinski definition) is 2. The Morgan fingerprint density at radius 1 is 1.17 bits per heavy atom. The molecule has 9 heteroatoms. The highest BCUT2D eigenvalue weighted by Gasteiger charge is 2.32. The Bertz CT molecular complexity index is 1050. The fraction of sp³-hybridized carbons (Fsp3) is 0.286. The molecule has 0 aliphatic carbocycles. The number of fused-ring (bicyclic) bond motifs is 2. The van der Waals surface area contributed by atoms with Crippen molar-refractivity contribution in [2.75, 3.05) is 23.8 Å². The lowest BCUT2D eigenvalue weighted by Crippen LogP contribution is -2.20. The maximum atomic E-state index is 13.0. The Balaban J connectivity index is 1.51. The zero-order valence-corrected chi connectivity index (χ0v) is 15.8. The molecule has 0 aromatic heterocycles. The number of carbonyl (C=O) groups is 2. The van der Waals surface area contributed by atoms with Crippen LogP contribution in [-0.4, -0.2) is 30.7 Å². The van der Waals surface area contributed by atoms with Gasteiger partial charge in [-0.15, -0.1) is 0 Å². The van der Waals surface area contributed by atoms with Crippen LogP contribution in [0.25, 0.3) is 0 Å². The summed E-state index contributed by atoms with van der Waals surface area (Å²) in [6.07, 6.45) is -3.54. The number of nitrogens with one attached hydrogen (secondary N) is 2. The first-order chi connectivity index (χ1) is 14.3. The average molecular weight is 417 g/mol. The summed E-state index contributed by atoms with van der Waals surface area (Å²) in [5.41, 5.74) is 2.08. The number of amides is 2. The topological polar surface area (TPSA) is 79.8 Å². The summed E-state index contributed by atoms with van der Waals surface area (Å²) in [6, 6.07) is 8.44. The standard InChI is InChI=1S/C21H18F3N3O3/c22-21(23,24)13-3-5-15-17(25-7-8-30-18(15)9-13)11-20(29)26-14-4-1-12-2-6-19(28)27-16(12)10-14/h1,3-5,9-10H,2,6-8,11H2,(H,26,29)(H,27,28). The van der Waals surface area contributed by atoms with E-state index in [9.17, 15) is 22.8 Å². The van der Waals surface area contributed by atoms with Crippen LogP contribution in [0.5, 0.6) is 5.75 Å². The molecule has 0 spiro atoms. The van der Waals surface area contributed by atoms with Crippen molar-refractivity contribution in [3.8, 4) is 5.75 Å². The largest absolute Gasteiger partial charge is 0.491 e. The zero-order chi connectivity index (χ0) is 21.3. The van der Waals surface area contributed by atoms with E-state index >= 15 is 0 Å². The van der Waals surface area contributed by atoms with Gasteiger partial charge in [-0.25, -0.2) is 0 Å². The Morgan fingerprint density at radius 3 is 2.80 bits per heavy atom. The SMILES string of the molecule is O=C(CC1=NCCOc2cc(C(F)(F)F)ccc21)Nc1ccc2c(c1)NC(=O)CC2. The van der Waals surface area contributed by atoms with Gasteiger partial charge in [-0.05, 0) is 42.3 Å². The third-order valence-corrected chi connectivity index (χ3v) is 4.89. The van der Waals surface area contributed by atoms with Gasteiger partial charge in [0.2, 0.25) is 11.8 Å². The second-order valence-corrected chi connectivity index (χ2v) is 7.03. The number of carbonyl (C=O) groups excluding carboxylic acids is 2. The number of hydrogen-bond acceptors (Lipinski definition) is 4. The van der Waals surface area contributed by atoms with E-state index in [1.165, 1.54) is 6.07 Å². The lowest BCUT2D eigenvalue weighted by molar-refractivity contribution is -0.137. The van der Waals surface area contributed by atoms with Crippen LogP contribution in [0.3, 0.4) is 0 Å². The normalized spacial score (nSPS) is 15.7. The van der Waals surface area contributed by atoms with E-state index in [1.807, 2.05) is 6.07 Å². The van der Waals surface area contributed by atoms with Crippen molar-refractivity contribution < 1.29 is 27.5 Å². The van der Waals surface area contributed by atoms with Gasteiger partial charge < -0.3 is 15.4 Å². The van der Waals surface area contributed by atoms with E-state index in [-0.39, 0.29) is 37.1 Å². The fourth-order valence-corrected chi connectivity index (χ4v) is 3.44. The number of anilines is 2. The van der Waals surface area contributed by atoms with E-state index in [4.69, 9.17) is 4.74 Å². The quantitative estimate of drug-likeness (QED) is 0.797. The number of ether oxygens (including phenoxy) is 1. The molecule has 2 aliphatic rings. The molecule has 2 amide bonds. The number of nitrogens with zero attached hydrogens (tertiary/aromatic N) is 1. The average Bonchev–Trinajstić information content (AvgIpc) is 2.88. The van der Waals surface area contributed by atoms with Gasteiger partial charge in [-0.1, -0.05) is 6.07 Å². The van der Waals surface area contributed by atoms with Crippen molar-refractivity contribution in [2.45, 2.75) is 25.4 Å². The first kappa shape index (κ1) is 19.9. The molecule has 2 aliphatic heterocycles. The molecule has 2 aromatic rings. The lowest BCUT2D eigenvalue weighted by atomic mass is 10.0. The van der Waals surface area contributed by atoms with E-state index < -0.39 is 11.7 Å². The number of aryl methyl sites for hydroxylation is 1. The first-order valence-electron chi connectivity index (χ1n) is 9.40. The molecule has 156 valence electrons. The van der Waals surface area contributed by atoms with E-state index in [0.717, 1.165) is 17.7 Å². The minimum Gasteiger partial charge on any atom is -0.491 e. The second-order valence-electron chi connectivity index (χ2n) is 7.03. The van der Waals surface area contributed by atoms with Gasteiger partial charge in [0.05, 0.1) is 24.2 Å². The van der Waals surface area contributed by atoms with Gasteiger partial charge in [0.15, 0.2) is 0 Å². The molecule has 4 rings (SSSR count). The van der Waals surface area contributed by atoms with Crippen LogP contribution in [0.4, 0.5) is 24.5 Å². The maximum Gasteiger partial charge on any atom is 0.416 e. The third kappa shape index (κ3) is 4.29. The van der Waals surface area contributed by atoms with Gasteiger partial charge in [-0.3, -0.25) is 14.6 Å². The summed E-state index contributed by atoms with van der Waals surface area (Å²) in [5, 5.41) is 5.52. The summed E-state index contributed by atoms with van der Waals surface area (Å²) in [5.74, 6) is -0.387. The van der Waals surface area contributed by atoms with Crippen LogP contribution in [0.2, 0.25) is 0 Å². The van der Waals surface area contributed by atoms with Crippen molar-refractivity contribution in [1.82, 2.24) is 0 Å². The number of benzene rings is 2. The molecule has 0 saturated heterocycles. The molecule has 2 aromatic carbocycles. The highest BCUT2D eigenvalue weighted by atomic mass is 19.4. The Kier molecular flexibility index (Phi) is 5.19. The van der Waals surface area contributed by atoms with Gasteiger partial charge >= 0.3 is 6.18 Å². The third-order valence-electron chi connectivity index (χ3n) is 4.89. The van der Waals surface area contributed by atoms with Gasteiger partial charge in [-0.2, -0.15) is 13.2 Å². The molecular formula is C21H18F3N3O3. The van der Waals surface area contributed by atoms with Crippen molar-refractivity contribution in [1.29, 1.82) is 0 Å². The van der Waals surface area contributed by atoms with Crippen molar-refractivity contribution >= 4 is 28.9 Å². The number of halogens is 3. The van der Waals surface area contributed by atoms with Crippen LogP contribution < -0.4 is 15.4 Å². The molecule has 30 heavy (non-hydrogen) atoms. The smallest absolute Gasteiger partial charge is 0.416 e. The highest BCUT2D eigenvalue weighted by molar-refractivity contribution is 6.15. The van der Waals surface area contributed by atoms with E-state index in [2.05, 4.69) is 15.6 Å². The second kappa shape index (κ2) is 7.81. The van der Waals surface area contributed by atoms with Crippen molar-refractivity contribution in [2.24, 2.45) is 4.99 Å². The Hall–Kier alpha value is -3.36. The monoisotopic (exact) mass is 417 g/mol. The molecule has 0 atom stereocenters. The molecule has 2 heterocycles. The minimum absolute atomic E-state index is 0.0605. The summed E-state index contributed by atoms with van der Waals surface area (Å²) in [4.78, 5) is 28.4. The highest BCUT2D eigenvalue weighted by Crippen LogP contribution is 2.34. The fourth-order valence-electron chi connectivity index (χ4n) is 3.44. The van der Waals surface area contributed by atoms with Crippen LogP contribution in [0.15, 0.2) is 41.4 Å². The van der Waals surface area contributed by atoms with Crippen LogP contribution in [0, 0.1) is 0 Å². The summed E-state index contributed by atoms with van der Waals surface area (Å²) in [7, 11) is 0. The summed E-state index contributed by atoms with van der Waals surface area (Å²) in [6.45, 7) is 0.369. The molecular weight excluding hydrogens is 399 g/mol. The van der Waals surface area contributed by atoms with E-state index in [1.54, 1.807) is 12.1 Å². The number of rotatable bonds is 3. The van der Waals surface area contributed by atoms with Crippen LogP contribution in [-0.2, 0) is 22.2 Å². The molecule has 0 radical (unpaired) electrons. The van der Waals surface area contributed by atoms with Crippen LogP contribution >= 0.6 is 0 Å². The molecule has 0 saturated carbocycles. The molecule has 2 N–H and O–H groups in total. The van der Waals surface area contributed by atoms with Crippen molar-refractivity contribution in [3.63, 3.8) is 0 Å². The number of alkyl halides is 3. The summed E-state index contributed by atoms with van der Waals surface area (Å²) >= 11 is 0. The Morgan fingerprint density at radius 2 is 2.00 bits per heavy atom. The molecule has 0 bridgehead atoms.